The Morgan fingerprint density at radius 2 is 1.90 bits per heavy atom. The minimum absolute atomic E-state index is 0.218. The first kappa shape index (κ1) is 15.5. The molecule has 0 saturated heterocycles. The van der Waals surface area contributed by atoms with E-state index in [4.69, 9.17) is 0 Å². The predicted molar refractivity (Wildman–Crippen MR) is 82.4 cm³/mol. The molecular formula is C18H28O2. The normalized spacial score (nSPS) is 29.9. The first-order valence-electron chi connectivity index (χ1n) is 7.99. The van der Waals surface area contributed by atoms with E-state index in [0.29, 0.717) is 6.42 Å². The summed E-state index contributed by atoms with van der Waals surface area (Å²) < 4.78 is 0. The number of hydrogen-bond donors (Lipinski definition) is 2. The van der Waals surface area contributed by atoms with Crippen LogP contribution in [0.15, 0.2) is 30.3 Å². The topological polar surface area (TPSA) is 40.5 Å². The summed E-state index contributed by atoms with van der Waals surface area (Å²) in [6, 6.07) is 9.83. The van der Waals surface area contributed by atoms with E-state index in [1.54, 1.807) is 0 Å². The number of rotatable bonds is 5. The quantitative estimate of drug-likeness (QED) is 0.857. The van der Waals surface area contributed by atoms with E-state index in [1.807, 2.05) is 37.3 Å². The maximum absolute atomic E-state index is 10.8. The molecule has 0 aliphatic heterocycles. The second-order valence-electron chi connectivity index (χ2n) is 6.64. The van der Waals surface area contributed by atoms with Gasteiger partial charge in [0.15, 0.2) is 0 Å². The van der Waals surface area contributed by atoms with Gasteiger partial charge >= 0.3 is 0 Å². The lowest BCUT2D eigenvalue weighted by molar-refractivity contribution is -0.0275. The smallest absolute Gasteiger partial charge is 0.0872 e. The molecule has 2 rings (SSSR count). The molecule has 0 radical (unpaired) electrons. The van der Waals surface area contributed by atoms with Gasteiger partial charge in [-0.05, 0) is 50.0 Å². The first-order chi connectivity index (χ1) is 9.53. The Kier molecular flexibility index (Phi) is 5.22. The van der Waals surface area contributed by atoms with E-state index in [-0.39, 0.29) is 12.0 Å². The van der Waals surface area contributed by atoms with Crippen LogP contribution in [0.1, 0.15) is 57.9 Å². The molecule has 112 valence electrons. The monoisotopic (exact) mass is 276 g/mol. The minimum Gasteiger partial charge on any atom is -0.393 e. The van der Waals surface area contributed by atoms with Crippen molar-refractivity contribution in [1.29, 1.82) is 0 Å². The molecule has 0 amide bonds. The Hall–Kier alpha value is -0.860. The highest BCUT2D eigenvalue weighted by atomic mass is 16.3. The van der Waals surface area contributed by atoms with E-state index >= 15 is 0 Å². The summed E-state index contributed by atoms with van der Waals surface area (Å²) in [7, 11) is 0. The molecule has 20 heavy (non-hydrogen) atoms. The van der Waals surface area contributed by atoms with E-state index in [2.05, 4.69) is 6.92 Å². The average molecular weight is 276 g/mol. The Labute approximate surface area is 122 Å². The number of aliphatic hydroxyl groups excluding tert-OH is 1. The second kappa shape index (κ2) is 6.73. The van der Waals surface area contributed by atoms with Gasteiger partial charge in [-0.1, -0.05) is 50.1 Å². The molecule has 0 aromatic heterocycles. The zero-order chi connectivity index (χ0) is 14.6. The molecule has 2 heteroatoms. The van der Waals surface area contributed by atoms with Gasteiger partial charge < -0.3 is 10.2 Å². The Morgan fingerprint density at radius 3 is 2.55 bits per heavy atom. The van der Waals surface area contributed by atoms with E-state index in [1.165, 1.54) is 12.8 Å². The Morgan fingerprint density at radius 1 is 1.20 bits per heavy atom. The fraction of sp³-hybridized carbons (Fsp3) is 0.667. The lowest BCUT2D eigenvalue weighted by Gasteiger charge is -2.37. The number of benzene rings is 1. The molecule has 2 nitrogen and oxygen atoms in total. The zero-order valence-corrected chi connectivity index (χ0v) is 12.8. The van der Waals surface area contributed by atoms with Gasteiger partial charge in [-0.3, -0.25) is 0 Å². The third kappa shape index (κ3) is 3.83. The Balaban J connectivity index is 2.03. The van der Waals surface area contributed by atoms with Gasteiger partial charge in [-0.25, -0.2) is 0 Å². The average Bonchev–Trinajstić information content (AvgIpc) is 2.44. The highest BCUT2D eigenvalue weighted by molar-refractivity contribution is 5.21. The molecule has 1 aliphatic rings. The largest absolute Gasteiger partial charge is 0.393 e. The fourth-order valence-electron chi connectivity index (χ4n) is 3.66. The van der Waals surface area contributed by atoms with Gasteiger partial charge in [-0.2, -0.15) is 0 Å². The third-order valence-corrected chi connectivity index (χ3v) is 4.80. The third-order valence-electron chi connectivity index (χ3n) is 4.80. The summed E-state index contributed by atoms with van der Waals surface area (Å²) in [5.41, 5.74) is 0.103. The van der Waals surface area contributed by atoms with Crippen molar-refractivity contribution in [2.24, 2.45) is 11.8 Å². The molecule has 4 atom stereocenters. The van der Waals surface area contributed by atoms with Crippen LogP contribution in [0.3, 0.4) is 0 Å². The van der Waals surface area contributed by atoms with Crippen molar-refractivity contribution in [3.05, 3.63) is 35.9 Å². The molecule has 0 bridgehead atoms. The van der Waals surface area contributed by atoms with E-state index in [9.17, 15) is 10.2 Å². The fourth-order valence-corrected chi connectivity index (χ4v) is 3.66. The van der Waals surface area contributed by atoms with Crippen LogP contribution in [0.25, 0.3) is 0 Å². The van der Waals surface area contributed by atoms with Crippen molar-refractivity contribution in [3.63, 3.8) is 0 Å². The summed E-state index contributed by atoms with van der Waals surface area (Å²) in [6.45, 7) is 4.10. The van der Waals surface area contributed by atoms with Crippen LogP contribution in [-0.4, -0.2) is 16.3 Å². The zero-order valence-electron chi connectivity index (χ0n) is 12.8. The summed E-state index contributed by atoms with van der Waals surface area (Å²) in [4.78, 5) is 0. The summed E-state index contributed by atoms with van der Waals surface area (Å²) in [5, 5.41) is 21.0. The van der Waals surface area contributed by atoms with Crippen LogP contribution in [0, 0.1) is 11.8 Å². The molecule has 1 aromatic rings. The van der Waals surface area contributed by atoms with Crippen molar-refractivity contribution in [2.75, 3.05) is 0 Å². The molecule has 1 saturated carbocycles. The number of hydrogen-bond acceptors (Lipinski definition) is 2. The highest BCUT2D eigenvalue weighted by Gasteiger charge is 2.35. The van der Waals surface area contributed by atoms with Crippen LogP contribution in [0.2, 0.25) is 0 Å². The van der Waals surface area contributed by atoms with Crippen molar-refractivity contribution in [1.82, 2.24) is 0 Å². The summed E-state index contributed by atoms with van der Waals surface area (Å²) in [5.74, 6) is 0.940. The maximum atomic E-state index is 10.8. The molecule has 2 N–H and O–H groups in total. The van der Waals surface area contributed by atoms with Crippen molar-refractivity contribution < 1.29 is 10.2 Å². The molecule has 1 aromatic carbocycles. The molecule has 1 aliphatic carbocycles. The molecular weight excluding hydrogens is 248 g/mol. The van der Waals surface area contributed by atoms with Crippen LogP contribution < -0.4 is 0 Å². The van der Waals surface area contributed by atoms with E-state index < -0.39 is 5.60 Å². The highest BCUT2D eigenvalue weighted by Crippen LogP contribution is 2.39. The van der Waals surface area contributed by atoms with Crippen molar-refractivity contribution >= 4 is 0 Å². The minimum atomic E-state index is -0.846. The lowest BCUT2D eigenvalue weighted by atomic mass is 9.72. The molecule has 0 spiro atoms. The molecule has 0 heterocycles. The van der Waals surface area contributed by atoms with E-state index in [0.717, 1.165) is 30.7 Å². The lowest BCUT2D eigenvalue weighted by Crippen LogP contribution is -2.35. The van der Waals surface area contributed by atoms with Crippen molar-refractivity contribution in [3.8, 4) is 0 Å². The van der Waals surface area contributed by atoms with Gasteiger partial charge in [0.05, 0.1) is 11.7 Å². The SMILES string of the molecule is CCCC1CCC(O)C(CC(C)(O)c2ccccc2)C1. The van der Waals surface area contributed by atoms with Crippen LogP contribution in [-0.2, 0) is 5.60 Å². The first-order valence-corrected chi connectivity index (χ1v) is 7.99. The molecule has 1 fully saturated rings. The van der Waals surface area contributed by atoms with Gasteiger partial charge in [0, 0.05) is 0 Å². The standard InChI is InChI=1S/C18H28O2/c1-3-7-14-10-11-17(19)15(12-14)13-18(2,20)16-8-5-4-6-9-16/h4-6,8-9,14-15,17,19-20H,3,7,10-13H2,1-2H3. The summed E-state index contributed by atoms with van der Waals surface area (Å²) >= 11 is 0. The van der Waals surface area contributed by atoms with Gasteiger partial charge in [0.2, 0.25) is 0 Å². The number of aliphatic hydroxyl groups is 2. The maximum Gasteiger partial charge on any atom is 0.0872 e. The van der Waals surface area contributed by atoms with Gasteiger partial charge in [0.1, 0.15) is 0 Å². The van der Waals surface area contributed by atoms with Crippen LogP contribution >= 0.6 is 0 Å². The van der Waals surface area contributed by atoms with Crippen molar-refractivity contribution in [2.45, 2.75) is 64.1 Å². The summed E-state index contributed by atoms with van der Waals surface area (Å²) in [6.07, 6.45) is 5.94. The van der Waals surface area contributed by atoms with Crippen LogP contribution in [0.5, 0.6) is 0 Å². The van der Waals surface area contributed by atoms with Gasteiger partial charge in [-0.15, -0.1) is 0 Å². The van der Waals surface area contributed by atoms with Crippen LogP contribution in [0.4, 0.5) is 0 Å². The second-order valence-corrected chi connectivity index (χ2v) is 6.64. The van der Waals surface area contributed by atoms with Gasteiger partial charge in [0.25, 0.3) is 0 Å². The predicted octanol–water partition coefficient (Wildman–Crippen LogP) is 3.86. The Bertz CT molecular complexity index is 399. The molecule has 4 unspecified atom stereocenters.